The van der Waals surface area contributed by atoms with Crippen molar-refractivity contribution >= 4 is 18.3 Å². The highest BCUT2D eigenvalue weighted by Gasteiger charge is 2.32. The van der Waals surface area contributed by atoms with Crippen molar-refractivity contribution in [1.82, 2.24) is 5.32 Å². The van der Waals surface area contributed by atoms with E-state index in [9.17, 15) is 4.79 Å². The van der Waals surface area contributed by atoms with Gasteiger partial charge in [0, 0.05) is 20.2 Å². The van der Waals surface area contributed by atoms with E-state index in [0.717, 1.165) is 6.54 Å². The first-order valence-electron chi connectivity index (χ1n) is 5.12. The fourth-order valence-electron chi connectivity index (χ4n) is 1.68. The molecule has 0 radical (unpaired) electrons. The summed E-state index contributed by atoms with van der Waals surface area (Å²) in [6.45, 7) is 3.17. The van der Waals surface area contributed by atoms with E-state index in [0.29, 0.717) is 5.41 Å². The van der Waals surface area contributed by atoms with Gasteiger partial charge < -0.3 is 15.8 Å². The van der Waals surface area contributed by atoms with Crippen molar-refractivity contribution < 1.29 is 9.53 Å². The zero-order valence-corrected chi connectivity index (χ0v) is 10.2. The SMILES string of the molecule is COC(CN)C(=O)NCC1(C)CCC1.Cl. The Balaban J connectivity index is 0.00000196. The largest absolute Gasteiger partial charge is 0.370 e. The van der Waals surface area contributed by atoms with Crippen LogP contribution >= 0.6 is 12.4 Å². The first kappa shape index (κ1) is 14.7. The molecule has 0 heterocycles. The van der Waals surface area contributed by atoms with Gasteiger partial charge in [0.15, 0.2) is 0 Å². The monoisotopic (exact) mass is 236 g/mol. The first-order valence-corrected chi connectivity index (χ1v) is 5.12. The molecular formula is C10H21ClN2O2. The molecule has 1 rings (SSSR count). The third kappa shape index (κ3) is 3.97. The van der Waals surface area contributed by atoms with E-state index in [1.54, 1.807) is 0 Å². The van der Waals surface area contributed by atoms with Gasteiger partial charge in [-0.1, -0.05) is 13.3 Å². The zero-order valence-electron chi connectivity index (χ0n) is 9.41. The fourth-order valence-corrected chi connectivity index (χ4v) is 1.68. The topological polar surface area (TPSA) is 64.3 Å². The molecule has 1 saturated carbocycles. The summed E-state index contributed by atoms with van der Waals surface area (Å²) in [4.78, 5) is 11.5. The molecule has 0 aromatic rings. The molecule has 4 nitrogen and oxygen atoms in total. The lowest BCUT2D eigenvalue weighted by molar-refractivity contribution is -0.131. The summed E-state index contributed by atoms with van der Waals surface area (Å²) < 4.78 is 4.94. The van der Waals surface area contributed by atoms with Crippen LogP contribution in [-0.2, 0) is 9.53 Å². The number of nitrogens with two attached hydrogens (primary N) is 1. The number of halogens is 1. The summed E-state index contributed by atoms with van der Waals surface area (Å²) in [6, 6.07) is 0. The summed E-state index contributed by atoms with van der Waals surface area (Å²) in [5, 5.41) is 2.88. The van der Waals surface area contributed by atoms with Crippen LogP contribution in [0.2, 0.25) is 0 Å². The summed E-state index contributed by atoms with van der Waals surface area (Å²) >= 11 is 0. The molecule has 0 aromatic carbocycles. The van der Waals surface area contributed by atoms with Gasteiger partial charge in [-0.15, -0.1) is 12.4 Å². The lowest BCUT2D eigenvalue weighted by atomic mass is 9.70. The highest BCUT2D eigenvalue weighted by molar-refractivity contribution is 5.85. The Morgan fingerprint density at radius 3 is 2.53 bits per heavy atom. The molecule has 1 aliphatic carbocycles. The van der Waals surface area contributed by atoms with Crippen LogP contribution < -0.4 is 11.1 Å². The minimum atomic E-state index is -0.501. The van der Waals surface area contributed by atoms with Crippen molar-refractivity contribution in [3.63, 3.8) is 0 Å². The van der Waals surface area contributed by atoms with E-state index >= 15 is 0 Å². The first-order chi connectivity index (χ1) is 6.61. The Bertz CT molecular complexity index is 204. The maximum Gasteiger partial charge on any atom is 0.250 e. The van der Waals surface area contributed by atoms with Gasteiger partial charge in [-0.3, -0.25) is 4.79 Å². The van der Waals surface area contributed by atoms with Crippen LogP contribution in [0, 0.1) is 5.41 Å². The van der Waals surface area contributed by atoms with Gasteiger partial charge in [0.1, 0.15) is 6.10 Å². The van der Waals surface area contributed by atoms with Crippen LogP contribution in [0.4, 0.5) is 0 Å². The van der Waals surface area contributed by atoms with Crippen LogP contribution in [0.1, 0.15) is 26.2 Å². The van der Waals surface area contributed by atoms with E-state index in [1.807, 2.05) is 0 Å². The third-order valence-corrected chi connectivity index (χ3v) is 3.04. The normalized spacial score (nSPS) is 19.7. The van der Waals surface area contributed by atoms with Crippen molar-refractivity contribution in [2.45, 2.75) is 32.3 Å². The van der Waals surface area contributed by atoms with Crippen molar-refractivity contribution in [1.29, 1.82) is 0 Å². The fraction of sp³-hybridized carbons (Fsp3) is 0.900. The molecule has 1 fully saturated rings. The second-order valence-corrected chi connectivity index (χ2v) is 4.34. The molecule has 0 bridgehead atoms. The molecule has 1 unspecified atom stereocenters. The van der Waals surface area contributed by atoms with Crippen LogP contribution in [0.15, 0.2) is 0 Å². The maximum absolute atomic E-state index is 11.5. The van der Waals surface area contributed by atoms with E-state index in [4.69, 9.17) is 10.5 Å². The summed E-state index contributed by atoms with van der Waals surface area (Å²) in [5.41, 5.74) is 5.69. The van der Waals surface area contributed by atoms with Crippen LogP contribution in [-0.4, -0.2) is 32.2 Å². The van der Waals surface area contributed by atoms with Crippen LogP contribution in [0.5, 0.6) is 0 Å². The molecule has 90 valence electrons. The molecule has 1 atom stereocenters. The van der Waals surface area contributed by atoms with E-state index in [1.165, 1.54) is 26.4 Å². The van der Waals surface area contributed by atoms with Crippen molar-refractivity contribution in [3.05, 3.63) is 0 Å². The number of hydrogen-bond donors (Lipinski definition) is 2. The molecule has 0 saturated heterocycles. The summed E-state index contributed by atoms with van der Waals surface area (Å²) in [5.74, 6) is -0.0943. The van der Waals surface area contributed by atoms with Gasteiger partial charge in [-0.2, -0.15) is 0 Å². The molecule has 1 amide bonds. The molecule has 0 aliphatic heterocycles. The van der Waals surface area contributed by atoms with Gasteiger partial charge in [0.25, 0.3) is 0 Å². The number of rotatable bonds is 5. The number of amides is 1. The van der Waals surface area contributed by atoms with E-state index in [-0.39, 0.29) is 24.9 Å². The van der Waals surface area contributed by atoms with E-state index < -0.39 is 6.10 Å². The van der Waals surface area contributed by atoms with Crippen LogP contribution in [0.25, 0.3) is 0 Å². The Morgan fingerprint density at radius 1 is 1.60 bits per heavy atom. The Morgan fingerprint density at radius 2 is 2.20 bits per heavy atom. The molecule has 5 heteroatoms. The van der Waals surface area contributed by atoms with Gasteiger partial charge in [-0.05, 0) is 18.3 Å². The number of ether oxygens (including phenoxy) is 1. The summed E-state index contributed by atoms with van der Waals surface area (Å²) in [6.07, 6.45) is 3.18. The number of hydrogen-bond acceptors (Lipinski definition) is 3. The lowest BCUT2D eigenvalue weighted by Crippen LogP contribution is -2.46. The second-order valence-electron chi connectivity index (χ2n) is 4.34. The molecule has 15 heavy (non-hydrogen) atoms. The third-order valence-electron chi connectivity index (χ3n) is 3.04. The van der Waals surface area contributed by atoms with Gasteiger partial charge in [0.2, 0.25) is 5.91 Å². The summed E-state index contributed by atoms with van der Waals surface area (Å²) in [7, 11) is 1.50. The number of carbonyl (C=O) groups excluding carboxylic acids is 1. The van der Waals surface area contributed by atoms with Crippen molar-refractivity contribution in [2.75, 3.05) is 20.2 Å². The minimum absolute atomic E-state index is 0. The second kappa shape index (κ2) is 6.30. The predicted molar refractivity (Wildman–Crippen MR) is 62.1 cm³/mol. The smallest absolute Gasteiger partial charge is 0.250 e. The molecular weight excluding hydrogens is 216 g/mol. The van der Waals surface area contributed by atoms with Gasteiger partial charge in [-0.25, -0.2) is 0 Å². The average molecular weight is 237 g/mol. The molecule has 0 spiro atoms. The quantitative estimate of drug-likeness (QED) is 0.738. The Kier molecular flexibility index (Phi) is 6.17. The Hall–Kier alpha value is -0.320. The number of carbonyl (C=O) groups is 1. The Labute approximate surface area is 97.3 Å². The standard InChI is InChI=1S/C10H20N2O2.ClH/c1-10(4-3-5-10)7-12-9(13)8(6-11)14-2;/h8H,3-7,11H2,1-2H3,(H,12,13);1H. The van der Waals surface area contributed by atoms with Gasteiger partial charge >= 0.3 is 0 Å². The average Bonchev–Trinajstić information content (AvgIpc) is 2.13. The minimum Gasteiger partial charge on any atom is -0.370 e. The van der Waals surface area contributed by atoms with Crippen molar-refractivity contribution in [2.24, 2.45) is 11.1 Å². The lowest BCUT2D eigenvalue weighted by Gasteiger charge is -2.38. The zero-order chi connectivity index (χ0) is 10.6. The van der Waals surface area contributed by atoms with Crippen molar-refractivity contribution in [3.8, 4) is 0 Å². The molecule has 0 aromatic heterocycles. The number of nitrogens with one attached hydrogen (secondary N) is 1. The van der Waals surface area contributed by atoms with Crippen LogP contribution in [0.3, 0.4) is 0 Å². The molecule has 1 aliphatic rings. The van der Waals surface area contributed by atoms with Gasteiger partial charge in [0.05, 0.1) is 0 Å². The highest BCUT2D eigenvalue weighted by atomic mass is 35.5. The van der Waals surface area contributed by atoms with E-state index in [2.05, 4.69) is 12.2 Å². The highest BCUT2D eigenvalue weighted by Crippen LogP contribution is 2.39. The predicted octanol–water partition coefficient (Wildman–Crippen LogP) is 0.688. The number of methoxy groups -OCH3 is 1. The molecule has 3 N–H and O–H groups in total. The maximum atomic E-state index is 11.5.